The summed E-state index contributed by atoms with van der Waals surface area (Å²) in [5.74, 6) is 1.03. The van der Waals surface area contributed by atoms with Gasteiger partial charge in [0, 0.05) is 5.56 Å². The molecule has 0 unspecified atom stereocenters. The Kier molecular flexibility index (Phi) is 2.53. The number of carbonyl (C=O) groups is 1. The third kappa shape index (κ3) is 1.79. The van der Waals surface area contributed by atoms with Crippen LogP contribution in [0.2, 0.25) is 0 Å². The second-order valence-corrected chi connectivity index (χ2v) is 4.01. The molecule has 0 saturated heterocycles. The molecule has 0 aliphatic heterocycles. The number of rotatable bonds is 3. The molecule has 1 N–H and O–H groups in total. The lowest BCUT2D eigenvalue weighted by atomic mass is 9.80. The fourth-order valence-electron chi connectivity index (χ4n) is 1.85. The van der Waals surface area contributed by atoms with E-state index in [1.54, 1.807) is 18.2 Å². The molecule has 0 spiro atoms. The minimum atomic E-state index is 0.322. The molecule has 1 aliphatic carbocycles. The monoisotopic (exact) mass is 190 g/mol. The van der Waals surface area contributed by atoms with Gasteiger partial charge in [-0.2, -0.15) is 0 Å². The van der Waals surface area contributed by atoms with E-state index in [2.05, 4.69) is 0 Å². The van der Waals surface area contributed by atoms with Crippen LogP contribution in [0.3, 0.4) is 0 Å². The summed E-state index contributed by atoms with van der Waals surface area (Å²) < 4.78 is 0. The molecule has 0 bridgehead atoms. The zero-order valence-corrected chi connectivity index (χ0v) is 8.07. The maximum absolute atomic E-state index is 10.6. The number of benzene rings is 1. The fraction of sp³-hybridized carbons (Fsp3) is 0.417. The minimum absolute atomic E-state index is 0.322. The number of aldehydes is 1. The molecule has 14 heavy (non-hydrogen) atoms. The molecule has 1 aromatic carbocycles. The number of aromatic hydroxyl groups is 1. The lowest BCUT2D eigenvalue weighted by Crippen LogP contribution is -2.13. The van der Waals surface area contributed by atoms with Gasteiger partial charge in [0.15, 0.2) is 0 Å². The Morgan fingerprint density at radius 3 is 2.79 bits per heavy atom. The van der Waals surface area contributed by atoms with E-state index in [1.165, 1.54) is 19.3 Å². The summed E-state index contributed by atoms with van der Waals surface area (Å²) >= 11 is 0. The van der Waals surface area contributed by atoms with Crippen LogP contribution in [-0.4, -0.2) is 11.4 Å². The van der Waals surface area contributed by atoms with Gasteiger partial charge in [0.05, 0.1) is 0 Å². The van der Waals surface area contributed by atoms with E-state index in [-0.39, 0.29) is 0 Å². The van der Waals surface area contributed by atoms with Gasteiger partial charge < -0.3 is 5.11 Å². The van der Waals surface area contributed by atoms with Gasteiger partial charge in [-0.15, -0.1) is 0 Å². The molecule has 0 aromatic heterocycles. The van der Waals surface area contributed by atoms with Gasteiger partial charge in [-0.1, -0.05) is 19.3 Å². The van der Waals surface area contributed by atoms with Crippen molar-refractivity contribution >= 4 is 6.29 Å². The molecule has 2 rings (SSSR count). The first kappa shape index (κ1) is 9.25. The van der Waals surface area contributed by atoms with Crippen LogP contribution in [0.4, 0.5) is 0 Å². The molecular formula is C12H14O2. The number of hydrogen-bond acceptors (Lipinski definition) is 2. The number of hydrogen-bond donors (Lipinski definition) is 1. The van der Waals surface area contributed by atoms with Crippen LogP contribution < -0.4 is 0 Å². The van der Waals surface area contributed by atoms with Crippen molar-refractivity contribution in [1.29, 1.82) is 0 Å². The van der Waals surface area contributed by atoms with Crippen molar-refractivity contribution in [3.05, 3.63) is 29.3 Å². The van der Waals surface area contributed by atoms with Crippen molar-refractivity contribution in [2.75, 3.05) is 0 Å². The summed E-state index contributed by atoms with van der Waals surface area (Å²) in [6.07, 6.45) is 5.55. The van der Waals surface area contributed by atoms with Crippen LogP contribution in [0.5, 0.6) is 5.75 Å². The molecule has 2 nitrogen and oxygen atoms in total. The van der Waals surface area contributed by atoms with Crippen LogP contribution in [0, 0.1) is 5.92 Å². The van der Waals surface area contributed by atoms with E-state index < -0.39 is 0 Å². The molecule has 1 saturated carbocycles. The Hall–Kier alpha value is -1.31. The van der Waals surface area contributed by atoms with Crippen molar-refractivity contribution < 1.29 is 9.90 Å². The standard InChI is InChI=1S/C12H14O2/c13-8-10-4-5-12(14)11(7-10)6-9-2-1-3-9/h4-5,7-9,14H,1-3,6H2. The van der Waals surface area contributed by atoms with E-state index in [4.69, 9.17) is 0 Å². The summed E-state index contributed by atoms with van der Waals surface area (Å²) in [5, 5.41) is 9.58. The summed E-state index contributed by atoms with van der Waals surface area (Å²) in [6.45, 7) is 0. The summed E-state index contributed by atoms with van der Waals surface area (Å²) in [4.78, 5) is 10.6. The maximum Gasteiger partial charge on any atom is 0.150 e. The van der Waals surface area contributed by atoms with Crippen molar-refractivity contribution in [2.24, 2.45) is 5.92 Å². The molecule has 0 atom stereocenters. The third-order valence-corrected chi connectivity index (χ3v) is 2.97. The molecule has 0 radical (unpaired) electrons. The number of phenolic OH excluding ortho intramolecular Hbond substituents is 1. The SMILES string of the molecule is O=Cc1ccc(O)c(CC2CCC2)c1. The van der Waals surface area contributed by atoms with Gasteiger partial charge >= 0.3 is 0 Å². The second-order valence-electron chi connectivity index (χ2n) is 4.01. The smallest absolute Gasteiger partial charge is 0.150 e. The molecule has 74 valence electrons. The summed E-state index contributed by atoms with van der Waals surface area (Å²) in [6, 6.07) is 5.05. The highest BCUT2D eigenvalue weighted by Crippen LogP contribution is 2.32. The Bertz CT molecular complexity index is 340. The summed E-state index contributed by atoms with van der Waals surface area (Å²) in [7, 11) is 0. The highest BCUT2D eigenvalue weighted by molar-refractivity contribution is 5.75. The van der Waals surface area contributed by atoms with Gasteiger partial charge in [0.25, 0.3) is 0 Å². The molecule has 2 heteroatoms. The van der Waals surface area contributed by atoms with Crippen LogP contribution in [0.1, 0.15) is 35.2 Å². The van der Waals surface area contributed by atoms with Gasteiger partial charge in [-0.3, -0.25) is 4.79 Å². The molecule has 1 aliphatic rings. The third-order valence-electron chi connectivity index (χ3n) is 2.97. The average molecular weight is 190 g/mol. The van der Waals surface area contributed by atoms with Gasteiger partial charge in [-0.25, -0.2) is 0 Å². The van der Waals surface area contributed by atoms with Gasteiger partial charge in [0.1, 0.15) is 12.0 Å². The lowest BCUT2D eigenvalue weighted by Gasteiger charge is -2.25. The average Bonchev–Trinajstić information content (AvgIpc) is 2.14. The molecule has 1 fully saturated rings. The highest BCUT2D eigenvalue weighted by atomic mass is 16.3. The van der Waals surface area contributed by atoms with Crippen molar-refractivity contribution in [1.82, 2.24) is 0 Å². The Morgan fingerprint density at radius 1 is 1.43 bits per heavy atom. The van der Waals surface area contributed by atoms with Crippen LogP contribution in [0.25, 0.3) is 0 Å². The molecule has 0 heterocycles. The first-order valence-electron chi connectivity index (χ1n) is 5.06. The van der Waals surface area contributed by atoms with E-state index in [0.29, 0.717) is 17.2 Å². The van der Waals surface area contributed by atoms with Gasteiger partial charge in [0.2, 0.25) is 0 Å². The maximum atomic E-state index is 10.6. The normalized spacial score (nSPS) is 16.3. The van der Waals surface area contributed by atoms with E-state index in [1.807, 2.05) is 0 Å². The zero-order chi connectivity index (χ0) is 9.97. The van der Waals surface area contributed by atoms with Gasteiger partial charge in [-0.05, 0) is 36.1 Å². The molecule has 1 aromatic rings. The minimum Gasteiger partial charge on any atom is -0.508 e. The predicted octanol–water partition coefficient (Wildman–Crippen LogP) is 2.55. The topological polar surface area (TPSA) is 37.3 Å². The molecular weight excluding hydrogens is 176 g/mol. The van der Waals surface area contributed by atoms with Crippen molar-refractivity contribution in [3.8, 4) is 5.75 Å². The van der Waals surface area contributed by atoms with Crippen LogP contribution in [0.15, 0.2) is 18.2 Å². The fourth-order valence-corrected chi connectivity index (χ4v) is 1.85. The van der Waals surface area contributed by atoms with Crippen LogP contribution in [-0.2, 0) is 6.42 Å². The highest BCUT2D eigenvalue weighted by Gasteiger charge is 2.19. The number of carbonyl (C=O) groups excluding carboxylic acids is 1. The van der Waals surface area contributed by atoms with E-state index in [9.17, 15) is 9.90 Å². The first-order chi connectivity index (χ1) is 6.79. The van der Waals surface area contributed by atoms with Crippen molar-refractivity contribution in [3.63, 3.8) is 0 Å². The Labute approximate surface area is 83.6 Å². The van der Waals surface area contributed by atoms with E-state index in [0.717, 1.165) is 18.3 Å². The quantitative estimate of drug-likeness (QED) is 0.744. The lowest BCUT2D eigenvalue weighted by molar-refractivity contribution is 0.112. The Morgan fingerprint density at radius 2 is 2.21 bits per heavy atom. The number of phenols is 1. The second kappa shape index (κ2) is 3.82. The van der Waals surface area contributed by atoms with E-state index >= 15 is 0 Å². The summed E-state index contributed by atoms with van der Waals surface area (Å²) in [5.41, 5.74) is 1.57. The van der Waals surface area contributed by atoms with Crippen molar-refractivity contribution in [2.45, 2.75) is 25.7 Å². The first-order valence-corrected chi connectivity index (χ1v) is 5.06. The predicted molar refractivity (Wildman–Crippen MR) is 54.5 cm³/mol. The largest absolute Gasteiger partial charge is 0.508 e. The zero-order valence-electron chi connectivity index (χ0n) is 8.07. The van der Waals surface area contributed by atoms with Crippen LogP contribution >= 0.6 is 0 Å². The molecule has 0 amide bonds. The Balaban J connectivity index is 2.16.